The number of hydrogen-bond acceptors (Lipinski definition) is 6. The van der Waals surface area contributed by atoms with Gasteiger partial charge in [-0.1, -0.05) is 66.5 Å². The van der Waals surface area contributed by atoms with Gasteiger partial charge in [-0.3, -0.25) is 9.59 Å². The molecule has 3 aliphatic rings. The van der Waals surface area contributed by atoms with Crippen molar-refractivity contribution < 1.29 is 14.0 Å². The van der Waals surface area contributed by atoms with Crippen LogP contribution in [-0.2, 0) is 15.0 Å². The summed E-state index contributed by atoms with van der Waals surface area (Å²) in [6, 6.07) is 2.18. The van der Waals surface area contributed by atoms with E-state index in [9.17, 15) is 14.9 Å². The zero-order valence-electron chi connectivity index (χ0n) is 25.3. The van der Waals surface area contributed by atoms with E-state index in [1.807, 2.05) is 19.1 Å². The van der Waals surface area contributed by atoms with E-state index >= 15 is 0 Å². The van der Waals surface area contributed by atoms with Crippen LogP contribution in [0.25, 0.3) is 0 Å². The van der Waals surface area contributed by atoms with Gasteiger partial charge >= 0.3 is 0 Å². The number of fused-ring (bicyclic) bond motifs is 1. The summed E-state index contributed by atoms with van der Waals surface area (Å²) in [4.78, 5) is 25.8. The second-order valence-electron chi connectivity index (χ2n) is 14.6. The van der Waals surface area contributed by atoms with Crippen molar-refractivity contribution >= 4 is 11.6 Å². The molecule has 212 valence electrons. The molecule has 39 heavy (non-hydrogen) atoms. The molecule has 3 aliphatic carbocycles. The Hall–Kier alpha value is -2.55. The van der Waals surface area contributed by atoms with Crippen molar-refractivity contribution in [1.82, 2.24) is 10.2 Å². The van der Waals surface area contributed by atoms with Gasteiger partial charge in [0.25, 0.3) is 0 Å². The Balaban J connectivity index is 1.84. The number of nitrogens with zero attached hydrogens (tertiary/aromatic N) is 3. The summed E-state index contributed by atoms with van der Waals surface area (Å²) in [5, 5.41) is 18.3. The molecule has 1 heterocycles. The fourth-order valence-electron chi connectivity index (χ4n) is 8.36. The van der Waals surface area contributed by atoms with E-state index in [0.717, 1.165) is 63.4 Å². The van der Waals surface area contributed by atoms with Crippen LogP contribution in [0.15, 0.2) is 34.1 Å². The van der Waals surface area contributed by atoms with Crippen LogP contribution in [0, 0.1) is 44.8 Å². The van der Waals surface area contributed by atoms with Gasteiger partial charge in [0.1, 0.15) is 6.07 Å². The second-order valence-corrected chi connectivity index (χ2v) is 14.6. The van der Waals surface area contributed by atoms with E-state index < -0.39 is 5.41 Å². The lowest BCUT2D eigenvalue weighted by atomic mass is 9.43. The molecule has 0 bridgehead atoms. The van der Waals surface area contributed by atoms with Gasteiger partial charge in [0.05, 0.1) is 5.57 Å². The maximum Gasteiger partial charge on any atom is 0.222 e. The number of ketones is 2. The minimum atomic E-state index is -0.523. The molecule has 1 aromatic heterocycles. The highest BCUT2D eigenvalue weighted by Gasteiger charge is 2.59. The van der Waals surface area contributed by atoms with E-state index in [-0.39, 0.29) is 50.6 Å². The topological polar surface area (TPSA) is 96.8 Å². The molecular formula is C33H47N3O3. The maximum atomic E-state index is 13.0. The maximum absolute atomic E-state index is 13.0. The van der Waals surface area contributed by atoms with Gasteiger partial charge in [-0.2, -0.15) is 5.26 Å². The zero-order chi connectivity index (χ0) is 28.9. The molecule has 0 aliphatic heterocycles. The molecule has 6 nitrogen and oxygen atoms in total. The van der Waals surface area contributed by atoms with Crippen molar-refractivity contribution in [1.29, 1.82) is 5.26 Å². The van der Waals surface area contributed by atoms with Crippen LogP contribution in [0.2, 0.25) is 0 Å². The zero-order valence-corrected chi connectivity index (χ0v) is 25.3. The lowest BCUT2D eigenvalue weighted by molar-refractivity contribution is -0.123. The molecule has 4 rings (SSSR count). The normalized spacial score (nSPS) is 40.3. The highest BCUT2D eigenvalue weighted by atomic mass is 16.4. The summed E-state index contributed by atoms with van der Waals surface area (Å²) in [5.74, 6) is 0.505. The predicted molar refractivity (Wildman–Crippen MR) is 151 cm³/mol. The van der Waals surface area contributed by atoms with E-state index in [1.54, 1.807) is 6.92 Å². The lowest BCUT2D eigenvalue weighted by Gasteiger charge is -2.60. The molecule has 2 fully saturated rings. The van der Waals surface area contributed by atoms with E-state index in [0.29, 0.717) is 5.89 Å². The van der Waals surface area contributed by atoms with Crippen molar-refractivity contribution in [2.45, 2.75) is 119 Å². The molecule has 2 saturated carbocycles. The Bertz CT molecular complexity index is 1220. The van der Waals surface area contributed by atoms with Crippen LogP contribution < -0.4 is 0 Å². The third kappa shape index (κ3) is 5.07. The average Bonchev–Trinajstić information content (AvgIpc) is 3.42. The highest BCUT2D eigenvalue weighted by molar-refractivity contribution is 6.02. The molecule has 0 spiro atoms. The first-order chi connectivity index (χ1) is 18.1. The minimum absolute atomic E-state index is 0.0230. The SMILES string of the molecule is CC(=O)/C=C1/[C@@]2(C)C=C(C#N)C(=O)[C@@H](C)[C@@H]2CC[C@@]1(C)[C@@]1(C)CCCC(C)(C)CC[C@](C)(c2nnco2)CC1. The minimum Gasteiger partial charge on any atom is -0.427 e. The summed E-state index contributed by atoms with van der Waals surface area (Å²) in [6.45, 7) is 17.5. The van der Waals surface area contributed by atoms with Crippen molar-refractivity contribution in [3.63, 3.8) is 0 Å². The van der Waals surface area contributed by atoms with Crippen LogP contribution in [-0.4, -0.2) is 21.8 Å². The molecule has 0 aromatic carbocycles. The predicted octanol–water partition coefficient (Wildman–Crippen LogP) is 7.71. The van der Waals surface area contributed by atoms with Crippen LogP contribution in [0.5, 0.6) is 0 Å². The Kier molecular flexibility index (Phi) is 7.64. The largest absolute Gasteiger partial charge is 0.427 e. The number of hydrogen-bond donors (Lipinski definition) is 0. The van der Waals surface area contributed by atoms with Gasteiger partial charge in [-0.25, -0.2) is 0 Å². The summed E-state index contributed by atoms with van der Waals surface area (Å²) < 4.78 is 5.81. The fraction of sp³-hybridized carbons (Fsp3) is 0.727. The van der Waals surface area contributed by atoms with Gasteiger partial charge in [0.2, 0.25) is 12.3 Å². The number of nitriles is 1. The van der Waals surface area contributed by atoms with Gasteiger partial charge in [-0.05, 0) is 86.5 Å². The first-order valence-electron chi connectivity index (χ1n) is 14.8. The number of Topliss-reactive ketones (excluding diaryl/α,β-unsaturated/α-hetero) is 1. The summed E-state index contributed by atoms with van der Waals surface area (Å²) in [5.41, 5.74) is 0.401. The van der Waals surface area contributed by atoms with Gasteiger partial charge in [-0.15, -0.1) is 10.2 Å². The van der Waals surface area contributed by atoms with Gasteiger partial charge < -0.3 is 4.42 Å². The quantitative estimate of drug-likeness (QED) is 0.369. The molecule has 0 amide bonds. The first kappa shape index (κ1) is 29.4. The van der Waals surface area contributed by atoms with Crippen molar-refractivity contribution in [3.05, 3.63) is 35.6 Å². The lowest BCUT2D eigenvalue weighted by Crippen LogP contribution is -2.53. The second kappa shape index (κ2) is 10.1. The summed E-state index contributed by atoms with van der Waals surface area (Å²) >= 11 is 0. The van der Waals surface area contributed by atoms with Gasteiger partial charge in [0.15, 0.2) is 11.6 Å². The Morgan fingerprint density at radius 2 is 1.74 bits per heavy atom. The molecule has 6 atom stereocenters. The third-order valence-corrected chi connectivity index (χ3v) is 11.5. The highest BCUT2D eigenvalue weighted by Crippen LogP contribution is 2.66. The van der Waals surface area contributed by atoms with Gasteiger partial charge in [0, 0.05) is 16.7 Å². The Morgan fingerprint density at radius 3 is 2.36 bits per heavy atom. The number of rotatable bonds is 3. The summed E-state index contributed by atoms with van der Waals surface area (Å²) in [6.07, 6.45) is 14.3. The van der Waals surface area contributed by atoms with E-state index in [1.165, 1.54) is 6.39 Å². The third-order valence-electron chi connectivity index (χ3n) is 11.5. The molecule has 0 saturated heterocycles. The van der Waals surface area contributed by atoms with Crippen LogP contribution in [0.3, 0.4) is 0 Å². The van der Waals surface area contributed by atoms with Crippen molar-refractivity contribution in [2.75, 3.05) is 0 Å². The number of carbonyl (C=O) groups excluding carboxylic acids is 2. The first-order valence-corrected chi connectivity index (χ1v) is 14.8. The molecule has 0 unspecified atom stereocenters. The molecule has 0 N–H and O–H groups in total. The van der Waals surface area contributed by atoms with Crippen molar-refractivity contribution in [3.8, 4) is 6.07 Å². The molecule has 6 heteroatoms. The van der Waals surface area contributed by atoms with Crippen molar-refractivity contribution in [2.24, 2.45) is 33.5 Å². The van der Waals surface area contributed by atoms with Crippen LogP contribution in [0.1, 0.15) is 119 Å². The smallest absolute Gasteiger partial charge is 0.222 e. The van der Waals surface area contributed by atoms with Crippen LogP contribution >= 0.6 is 0 Å². The van der Waals surface area contributed by atoms with E-state index in [4.69, 9.17) is 4.42 Å². The Morgan fingerprint density at radius 1 is 1.05 bits per heavy atom. The number of aromatic nitrogens is 2. The monoisotopic (exact) mass is 533 g/mol. The molecule has 1 aromatic rings. The average molecular weight is 534 g/mol. The van der Waals surface area contributed by atoms with Crippen LogP contribution in [0.4, 0.5) is 0 Å². The Labute approximate surface area is 234 Å². The number of carbonyl (C=O) groups is 2. The number of allylic oxidation sites excluding steroid dienone is 4. The summed E-state index contributed by atoms with van der Waals surface area (Å²) in [7, 11) is 0. The standard InChI is InChI=1S/C33H47N3O3/c1-22(37)18-26-32(7)19-24(20-34)27(38)23(2)25(32)10-13-33(26,8)31(6)12-9-11-29(3,4)14-15-30(5,16-17-31)28-36-35-21-39-28/h18-19,21,23,25H,9-17H2,1-8H3/b26-18-/t23-,25-,30-,31-,32-,33+/m0/s1. The fourth-order valence-corrected chi connectivity index (χ4v) is 8.36. The molecular weight excluding hydrogens is 486 g/mol. The molecule has 0 radical (unpaired) electrons. The van der Waals surface area contributed by atoms with E-state index in [2.05, 4.69) is 57.8 Å².